The van der Waals surface area contributed by atoms with Crippen molar-refractivity contribution in [2.45, 2.75) is 18.5 Å². The minimum Gasteiger partial charge on any atom is -0.465 e. The van der Waals surface area contributed by atoms with Crippen LogP contribution >= 0.6 is 0 Å². The molecular weight excluding hydrogens is 421 g/mol. The minimum atomic E-state index is -0.913. The Morgan fingerprint density at radius 3 is 2.76 bits per heavy atom. The molecule has 2 saturated heterocycles. The van der Waals surface area contributed by atoms with Crippen molar-refractivity contribution in [2.75, 3.05) is 18.0 Å². The molecule has 0 spiro atoms. The van der Waals surface area contributed by atoms with Gasteiger partial charge < -0.3 is 14.9 Å². The molecule has 33 heavy (non-hydrogen) atoms. The summed E-state index contributed by atoms with van der Waals surface area (Å²) in [4.78, 5) is 28.0. The zero-order chi connectivity index (χ0) is 22.7. The van der Waals surface area contributed by atoms with Crippen LogP contribution in [0.5, 0.6) is 0 Å². The fourth-order valence-corrected chi connectivity index (χ4v) is 5.16. The standard InChI is InChI=1S/C25H18FN5O2/c1-2-14-5-3-6-15-7-4-8-16(20(14)15)22-21(26)23-17(11-27-22)24(29-13-28-23)30-10-9-18-19(30)12-31(18)25(32)33/h1,3-8,11,13,18-19H,9-10,12H2,(H,32,33)/t18-,19-/m1/s1. The van der Waals surface area contributed by atoms with E-state index in [0.717, 1.165) is 10.8 Å². The second kappa shape index (κ2) is 7.14. The Morgan fingerprint density at radius 1 is 1.15 bits per heavy atom. The third-order valence-corrected chi connectivity index (χ3v) is 6.73. The number of pyridine rings is 1. The molecule has 0 radical (unpaired) electrons. The summed E-state index contributed by atoms with van der Waals surface area (Å²) in [6.07, 6.45) is 8.45. The van der Waals surface area contributed by atoms with Crippen molar-refractivity contribution in [1.29, 1.82) is 0 Å². The molecule has 0 bridgehead atoms. The van der Waals surface area contributed by atoms with Crippen LogP contribution in [0.15, 0.2) is 48.9 Å². The molecule has 162 valence electrons. The Bertz CT molecular complexity index is 1490. The average Bonchev–Trinajstić information content (AvgIpc) is 3.13. The number of nitrogens with zero attached hydrogens (tertiary/aromatic N) is 5. The van der Waals surface area contributed by atoms with E-state index in [0.29, 0.717) is 41.8 Å². The van der Waals surface area contributed by atoms with Crippen molar-refractivity contribution in [1.82, 2.24) is 19.9 Å². The first kappa shape index (κ1) is 19.4. The van der Waals surface area contributed by atoms with Crippen molar-refractivity contribution in [2.24, 2.45) is 0 Å². The molecule has 0 aliphatic carbocycles. The smallest absolute Gasteiger partial charge is 0.407 e. The van der Waals surface area contributed by atoms with Gasteiger partial charge in [0.1, 0.15) is 23.4 Å². The Labute approximate surface area is 188 Å². The quantitative estimate of drug-likeness (QED) is 0.477. The molecule has 2 aliphatic rings. The maximum atomic E-state index is 15.8. The maximum Gasteiger partial charge on any atom is 0.407 e. The molecule has 7 nitrogen and oxygen atoms in total. The van der Waals surface area contributed by atoms with Gasteiger partial charge in [-0.05, 0) is 17.9 Å². The van der Waals surface area contributed by atoms with Crippen LogP contribution in [0.4, 0.5) is 15.0 Å². The first-order chi connectivity index (χ1) is 16.1. The van der Waals surface area contributed by atoms with Gasteiger partial charge in [0, 0.05) is 35.8 Å². The van der Waals surface area contributed by atoms with Crippen molar-refractivity contribution in [3.8, 4) is 23.6 Å². The fraction of sp³-hybridized carbons (Fsp3) is 0.200. The molecule has 1 N–H and O–H groups in total. The Kier molecular flexibility index (Phi) is 4.20. The predicted octanol–water partition coefficient (Wildman–Crippen LogP) is 3.91. The van der Waals surface area contributed by atoms with Gasteiger partial charge in [0.05, 0.1) is 17.5 Å². The summed E-state index contributed by atoms with van der Waals surface area (Å²) in [6, 6.07) is 11.2. The van der Waals surface area contributed by atoms with Gasteiger partial charge in [0.15, 0.2) is 5.82 Å². The molecule has 2 aromatic carbocycles. The number of terminal acetylenes is 1. The molecular formula is C25H18FN5O2. The highest BCUT2D eigenvalue weighted by atomic mass is 19.1. The number of fused-ring (bicyclic) bond motifs is 3. The normalized spacial score (nSPS) is 19.4. The van der Waals surface area contributed by atoms with E-state index in [2.05, 4.69) is 20.9 Å². The molecule has 4 heterocycles. The van der Waals surface area contributed by atoms with E-state index >= 15 is 4.39 Å². The van der Waals surface area contributed by atoms with E-state index in [1.54, 1.807) is 6.20 Å². The van der Waals surface area contributed by atoms with Gasteiger partial charge in [-0.25, -0.2) is 19.2 Å². The number of aromatic nitrogens is 3. The summed E-state index contributed by atoms with van der Waals surface area (Å²) in [5.41, 5.74) is 1.64. The number of anilines is 1. The Hall–Kier alpha value is -4.25. The van der Waals surface area contributed by atoms with Crippen LogP contribution in [0.2, 0.25) is 0 Å². The number of benzene rings is 2. The Morgan fingerprint density at radius 2 is 1.97 bits per heavy atom. The zero-order valence-electron chi connectivity index (χ0n) is 17.4. The SMILES string of the molecule is C#Cc1cccc2cccc(-c3ncc4c(N5CC[C@@H]6[C@H]5CN6C(=O)O)ncnc4c3F)c12. The molecule has 6 rings (SSSR count). The van der Waals surface area contributed by atoms with E-state index in [1.165, 1.54) is 11.2 Å². The van der Waals surface area contributed by atoms with E-state index in [9.17, 15) is 9.90 Å². The third kappa shape index (κ3) is 2.75. The summed E-state index contributed by atoms with van der Waals surface area (Å²) in [5, 5.41) is 11.5. The van der Waals surface area contributed by atoms with E-state index in [4.69, 9.17) is 6.42 Å². The molecule has 4 aromatic rings. The lowest BCUT2D eigenvalue weighted by Gasteiger charge is -2.45. The maximum absolute atomic E-state index is 15.8. The summed E-state index contributed by atoms with van der Waals surface area (Å²) in [5.74, 6) is 2.73. The molecule has 2 aromatic heterocycles. The van der Waals surface area contributed by atoms with Crippen LogP contribution in [0.25, 0.3) is 32.9 Å². The van der Waals surface area contributed by atoms with Gasteiger partial charge in [-0.15, -0.1) is 6.42 Å². The topological polar surface area (TPSA) is 82.5 Å². The van der Waals surface area contributed by atoms with Gasteiger partial charge >= 0.3 is 6.09 Å². The van der Waals surface area contributed by atoms with Crippen LogP contribution in [0, 0.1) is 18.2 Å². The van der Waals surface area contributed by atoms with Crippen molar-refractivity contribution in [3.63, 3.8) is 0 Å². The first-order valence-corrected chi connectivity index (χ1v) is 10.6. The highest BCUT2D eigenvalue weighted by Gasteiger charge is 2.50. The van der Waals surface area contributed by atoms with E-state index in [-0.39, 0.29) is 23.3 Å². The molecule has 1 amide bonds. The number of likely N-dealkylation sites (tertiary alicyclic amines) is 1. The van der Waals surface area contributed by atoms with Gasteiger partial charge in [0.2, 0.25) is 0 Å². The van der Waals surface area contributed by atoms with Gasteiger partial charge in [-0.1, -0.05) is 36.3 Å². The van der Waals surface area contributed by atoms with Crippen molar-refractivity contribution in [3.05, 3.63) is 60.3 Å². The van der Waals surface area contributed by atoms with Crippen LogP contribution < -0.4 is 4.90 Å². The molecule has 2 atom stereocenters. The second-order valence-electron chi connectivity index (χ2n) is 8.29. The first-order valence-electron chi connectivity index (χ1n) is 10.6. The molecule has 2 aliphatic heterocycles. The molecule has 0 saturated carbocycles. The van der Waals surface area contributed by atoms with Crippen LogP contribution in [-0.2, 0) is 0 Å². The van der Waals surface area contributed by atoms with Gasteiger partial charge in [-0.3, -0.25) is 4.98 Å². The van der Waals surface area contributed by atoms with Crippen LogP contribution in [0.1, 0.15) is 12.0 Å². The van der Waals surface area contributed by atoms with Crippen LogP contribution in [0.3, 0.4) is 0 Å². The van der Waals surface area contributed by atoms with Gasteiger partial charge in [-0.2, -0.15) is 0 Å². The number of hydrogen-bond donors (Lipinski definition) is 1. The summed E-state index contributed by atoms with van der Waals surface area (Å²) in [7, 11) is 0. The number of amides is 1. The summed E-state index contributed by atoms with van der Waals surface area (Å²) >= 11 is 0. The lowest BCUT2D eigenvalue weighted by molar-refractivity contribution is 0.0705. The van der Waals surface area contributed by atoms with Gasteiger partial charge in [0.25, 0.3) is 0 Å². The Balaban J connectivity index is 1.48. The average molecular weight is 439 g/mol. The predicted molar refractivity (Wildman–Crippen MR) is 122 cm³/mol. The monoisotopic (exact) mass is 439 g/mol. The summed E-state index contributed by atoms with van der Waals surface area (Å²) < 4.78 is 15.8. The number of carbonyl (C=O) groups is 1. The largest absolute Gasteiger partial charge is 0.465 e. The van der Waals surface area contributed by atoms with Crippen LogP contribution in [-0.4, -0.2) is 56.2 Å². The number of carboxylic acid groups (broad SMARTS) is 1. The number of rotatable bonds is 2. The molecule has 2 fully saturated rings. The molecule has 8 heteroatoms. The minimum absolute atomic E-state index is 0.0261. The highest BCUT2D eigenvalue weighted by Crippen LogP contribution is 2.39. The molecule has 0 unspecified atom stereocenters. The number of hydrogen-bond acceptors (Lipinski definition) is 5. The number of halogens is 1. The second-order valence-corrected chi connectivity index (χ2v) is 8.29. The van der Waals surface area contributed by atoms with Crippen molar-refractivity contribution < 1.29 is 14.3 Å². The zero-order valence-corrected chi connectivity index (χ0v) is 17.4. The summed E-state index contributed by atoms with van der Waals surface area (Å²) in [6.45, 7) is 1.05. The third-order valence-electron chi connectivity index (χ3n) is 6.73. The van der Waals surface area contributed by atoms with E-state index < -0.39 is 11.9 Å². The fourth-order valence-electron chi connectivity index (χ4n) is 5.16. The van der Waals surface area contributed by atoms with E-state index in [1.807, 2.05) is 41.3 Å². The lowest BCUT2D eigenvalue weighted by atomic mass is 9.96. The highest BCUT2D eigenvalue weighted by molar-refractivity contribution is 6.01. The lowest BCUT2D eigenvalue weighted by Crippen LogP contribution is -2.63. The van der Waals surface area contributed by atoms with Crippen molar-refractivity contribution >= 4 is 33.6 Å².